The van der Waals surface area contributed by atoms with Gasteiger partial charge in [0.15, 0.2) is 0 Å². The van der Waals surface area contributed by atoms with Crippen LogP contribution in [0.2, 0.25) is 0 Å². The van der Waals surface area contributed by atoms with Crippen molar-refractivity contribution in [1.82, 2.24) is 20.0 Å². The van der Waals surface area contributed by atoms with Crippen LogP contribution in [0.15, 0.2) is 16.5 Å². The van der Waals surface area contributed by atoms with E-state index in [1.54, 1.807) is 0 Å². The quantitative estimate of drug-likeness (QED) is 0.667. The number of aromatic nitrogens is 2. The van der Waals surface area contributed by atoms with Crippen LogP contribution in [0, 0.1) is 13.8 Å². The first-order chi connectivity index (χ1) is 15.2. The topological polar surface area (TPSA) is 118 Å². The molecule has 2 heterocycles. The Hall–Kier alpha value is -2.49. The first kappa shape index (κ1) is 24.2. The smallest absolute Gasteiger partial charge is 0.410 e. The fraction of sp³-hybridized carbons (Fsp3) is 0.609. The van der Waals surface area contributed by atoms with Crippen LogP contribution in [0.25, 0.3) is 0 Å². The summed E-state index contributed by atoms with van der Waals surface area (Å²) >= 11 is 0. The third-order valence-corrected chi connectivity index (χ3v) is 5.78. The Morgan fingerprint density at radius 3 is 2.66 bits per heavy atom. The second-order valence-corrected chi connectivity index (χ2v) is 8.92. The molecule has 2 aromatic rings. The molecule has 1 fully saturated rings. The number of hydrogen-bond donors (Lipinski definition) is 2. The summed E-state index contributed by atoms with van der Waals surface area (Å²) in [7, 11) is 0. The summed E-state index contributed by atoms with van der Waals surface area (Å²) in [5.41, 5.74) is 10.5. The summed E-state index contributed by atoms with van der Waals surface area (Å²) in [6.45, 7) is 12.8. The van der Waals surface area contributed by atoms with Crippen LogP contribution < -0.4 is 5.73 Å². The van der Waals surface area contributed by atoms with Gasteiger partial charge in [-0.05, 0) is 51.3 Å². The summed E-state index contributed by atoms with van der Waals surface area (Å²) in [5.74, 6) is 0.727. The summed E-state index contributed by atoms with van der Waals surface area (Å²) in [5, 5.41) is 17.2. The minimum absolute atomic E-state index is 0.0899. The monoisotopic (exact) mass is 445 g/mol. The molecule has 3 rings (SSSR count). The number of amides is 1. The third kappa shape index (κ3) is 5.85. The van der Waals surface area contributed by atoms with Gasteiger partial charge >= 0.3 is 6.09 Å². The van der Waals surface area contributed by atoms with Gasteiger partial charge in [0.2, 0.25) is 11.8 Å². The Kier molecular flexibility index (Phi) is 7.86. The van der Waals surface area contributed by atoms with Gasteiger partial charge in [0.25, 0.3) is 0 Å². The van der Waals surface area contributed by atoms with Gasteiger partial charge in [-0.1, -0.05) is 17.7 Å². The lowest BCUT2D eigenvalue weighted by Gasteiger charge is -2.39. The van der Waals surface area contributed by atoms with Crippen molar-refractivity contribution in [2.45, 2.75) is 65.8 Å². The number of carbonyl (C=O) groups is 1. The molecule has 1 aromatic heterocycles. The van der Waals surface area contributed by atoms with Crippen LogP contribution in [0.1, 0.15) is 60.8 Å². The molecule has 3 N–H and O–H groups in total. The number of piperazine rings is 1. The van der Waals surface area contributed by atoms with E-state index < -0.39 is 6.04 Å². The molecule has 0 spiro atoms. The molecule has 0 unspecified atom stereocenters. The Labute approximate surface area is 189 Å². The van der Waals surface area contributed by atoms with Gasteiger partial charge in [-0.3, -0.25) is 4.90 Å². The van der Waals surface area contributed by atoms with Gasteiger partial charge in [-0.15, -0.1) is 10.2 Å². The van der Waals surface area contributed by atoms with Crippen molar-refractivity contribution in [2.75, 3.05) is 26.2 Å². The highest BCUT2D eigenvalue weighted by Gasteiger charge is 2.29. The van der Waals surface area contributed by atoms with Crippen molar-refractivity contribution in [3.05, 3.63) is 46.2 Å². The van der Waals surface area contributed by atoms with E-state index in [0.29, 0.717) is 18.9 Å². The fourth-order valence-corrected chi connectivity index (χ4v) is 4.05. The van der Waals surface area contributed by atoms with Gasteiger partial charge in [0.05, 0.1) is 19.1 Å². The average Bonchev–Trinajstić information content (AvgIpc) is 3.19. The summed E-state index contributed by atoms with van der Waals surface area (Å²) in [6, 6.07) is 3.78. The highest BCUT2D eigenvalue weighted by atomic mass is 16.6. The van der Waals surface area contributed by atoms with E-state index in [1.165, 1.54) is 16.7 Å². The number of aliphatic hydroxyl groups is 1. The Morgan fingerprint density at radius 2 is 2.00 bits per heavy atom. The largest absolute Gasteiger partial charge is 0.447 e. The first-order valence-corrected chi connectivity index (χ1v) is 11.1. The third-order valence-electron chi connectivity index (χ3n) is 5.78. The normalized spacial score (nSPS) is 18.2. The van der Waals surface area contributed by atoms with E-state index in [4.69, 9.17) is 14.9 Å². The molecule has 0 radical (unpaired) electrons. The summed E-state index contributed by atoms with van der Waals surface area (Å²) in [6.07, 6.45) is 0.160. The van der Waals surface area contributed by atoms with Gasteiger partial charge < -0.3 is 24.9 Å². The lowest BCUT2D eigenvalue weighted by Crippen LogP contribution is -2.54. The highest BCUT2D eigenvalue weighted by Crippen LogP contribution is 2.23. The van der Waals surface area contributed by atoms with Crippen LogP contribution in [0.4, 0.5) is 4.79 Å². The van der Waals surface area contributed by atoms with E-state index >= 15 is 0 Å². The van der Waals surface area contributed by atoms with Crippen LogP contribution >= 0.6 is 0 Å². The standard InChI is InChI=1S/C23H35N5O4/c1-14(2)31-23(30)28-7-6-27(11-16(28)4)12-19-9-15(3)8-18(17(19)5)10-21-25-26-22(32-21)20(24)13-29/h8-9,14,16,20,29H,6-7,10-13,24H2,1-5H3/t16-,20-/m0/s1. The molecule has 9 heteroatoms. The summed E-state index contributed by atoms with van der Waals surface area (Å²) in [4.78, 5) is 16.5. The van der Waals surface area contributed by atoms with Crippen molar-refractivity contribution in [1.29, 1.82) is 0 Å². The van der Waals surface area contributed by atoms with E-state index in [2.05, 4.69) is 48.0 Å². The Morgan fingerprint density at radius 1 is 1.28 bits per heavy atom. The summed E-state index contributed by atoms with van der Waals surface area (Å²) < 4.78 is 11.0. The maximum absolute atomic E-state index is 12.3. The van der Waals surface area contributed by atoms with Gasteiger partial charge in [0.1, 0.15) is 6.04 Å². The number of ether oxygens (including phenoxy) is 1. The number of hydrogen-bond acceptors (Lipinski definition) is 8. The van der Waals surface area contributed by atoms with E-state index in [-0.39, 0.29) is 30.7 Å². The maximum Gasteiger partial charge on any atom is 0.410 e. The number of aryl methyl sites for hydroxylation is 1. The molecule has 1 aliphatic heterocycles. The molecule has 1 aliphatic rings. The van der Waals surface area contributed by atoms with Crippen molar-refractivity contribution < 1.29 is 19.1 Å². The SMILES string of the molecule is Cc1cc(Cc2nnc([C@@H](N)CO)o2)c(C)c(CN2CCN(C(=O)OC(C)C)[C@@H](C)C2)c1. The number of rotatable bonds is 7. The lowest BCUT2D eigenvalue weighted by atomic mass is 9.96. The second kappa shape index (κ2) is 10.4. The Balaban J connectivity index is 1.68. The molecule has 1 saturated heterocycles. The predicted octanol–water partition coefficient (Wildman–Crippen LogP) is 2.32. The molecule has 176 valence electrons. The number of nitrogens with zero attached hydrogens (tertiary/aromatic N) is 4. The molecule has 0 aliphatic carbocycles. The minimum atomic E-state index is -0.663. The zero-order chi connectivity index (χ0) is 23.4. The number of benzene rings is 1. The highest BCUT2D eigenvalue weighted by molar-refractivity contribution is 5.68. The maximum atomic E-state index is 12.3. The van der Waals surface area contributed by atoms with Gasteiger partial charge in [-0.2, -0.15) is 0 Å². The number of aliphatic hydroxyl groups excluding tert-OH is 1. The van der Waals surface area contributed by atoms with Crippen LogP contribution in [-0.2, 0) is 17.7 Å². The fourth-order valence-electron chi connectivity index (χ4n) is 4.05. The van der Waals surface area contributed by atoms with Gasteiger partial charge in [0, 0.05) is 32.2 Å². The van der Waals surface area contributed by atoms with Gasteiger partial charge in [-0.25, -0.2) is 4.79 Å². The molecule has 0 bridgehead atoms. The van der Waals surface area contributed by atoms with Crippen LogP contribution in [0.5, 0.6) is 0 Å². The molecule has 32 heavy (non-hydrogen) atoms. The molecule has 2 atom stereocenters. The van der Waals surface area contributed by atoms with Crippen molar-refractivity contribution in [3.8, 4) is 0 Å². The predicted molar refractivity (Wildman–Crippen MR) is 120 cm³/mol. The van der Waals surface area contributed by atoms with E-state index in [1.807, 2.05) is 18.7 Å². The second-order valence-electron chi connectivity index (χ2n) is 8.92. The number of nitrogens with two attached hydrogens (primary N) is 1. The molecule has 1 aromatic carbocycles. The number of carbonyl (C=O) groups excluding carboxylic acids is 1. The minimum Gasteiger partial charge on any atom is -0.447 e. The average molecular weight is 446 g/mol. The molecule has 9 nitrogen and oxygen atoms in total. The van der Waals surface area contributed by atoms with Crippen molar-refractivity contribution in [3.63, 3.8) is 0 Å². The zero-order valence-corrected chi connectivity index (χ0v) is 19.7. The molecule has 0 saturated carbocycles. The van der Waals surface area contributed by atoms with E-state index in [0.717, 1.165) is 25.2 Å². The van der Waals surface area contributed by atoms with Crippen molar-refractivity contribution >= 4 is 6.09 Å². The lowest BCUT2D eigenvalue weighted by molar-refractivity contribution is 0.0349. The zero-order valence-electron chi connectivity index (χ0n) is 19.7. The van der Waals surface area contributed by atoms with E-state index in [9.17, 15) is 9.90 Å². The van der Waals surface area contributed by atoms with Crippen molar-refractivity contribution in [2.24, 2.45) is 5.73 Å². The molecular formula is C23H35N5O4. The Bertz CT molecular complexity index is 929. The first-order valence-electron chi connectivity index (χ1n) is 11.1. The molecular weight excluding hydrogens is 410 g/mol. The van der Waals surface area contributed by atoms with Crippen LogP contribution in [-0.4, -0.2) is 69.6 Å². The molecule has 1 amide bonds. The van der Waals surface area contributed by atoms with Crippen LogP contribution in [0.3, 0.4) is 0 Å².